The van der Waals surface area contributed by atoms with Crippen LogP contribution in [0.3, 0.4) is 0 Å². The maximum atomic E-state index is 13.5. The number of rotatable bonds is 3. The Hall–Kier alpha value is -2.79. The molecular formula is C23H24ClN3O2. The van der Waals surface area contributed by atoms with E-state index < -0.39 is 0 Å². The zero-order valence-corrected chi connectivity index (χ0v) is 17.1. The topological polar surface area (TPSA) is 58.2 Å². The summed E-state index contributed by atoms with van der Waals surface area (Å²) in [5.41, 5.74) is 5.65. The molecule has 1 aliphatic heterocycles. The summed E-state index contributed by atoms with van der Waals surface area (Å²) in [5.74, 6) is 1.22. The van der Waals surface area contributed by atoms with Crippen molar-refractivity contribution in [1.29, 1.82) is 0 Å². The quantitative estimate of drug-likeness (QED) is 0.707. The van der Waals surface area contributed by atoms with Crippen LogP contribution in [-0.4, -0.2) is 29.5 Å². The number of carbonyl (C=O) groups excluding carboxylic acids is 1. The second-order valence-electron chi connectivity index (χ2n) is 7.60. The van der Waals surface area contributed by atoms with E-state index in [9.17, 15) is 4.79 Å². The number of anilines is 1. The summed E-state index contributed by atoms with van der Waals surface area (Å²) in [6, 6.07) is 16.4. The lowest BCUT2D eigenvalue weighted by molar-refractivity contribution is -0.122. The van der Waals surface area contributed by atoms with Crippen LogP contribution in [0.25, 0.3) is 0 Å². The van der Waals surface area contributed by atoms with Gasteiger partial charge in [0.15, 0.2) is 0 Å². The van der Waals surface area contributed by atoms with Crippen molar-refractivity contribution in [2.24, 2.45) is 5.92 Å². The van der Waals surface area contributed by atoms with Gasteiger partial charge in [-0.1, -0.05) is 30.3 Å². The number of H-pyrrole nitrogens is 1. The molecule has 2 aliphatic rings. The fourth-order valence-electron chi connectivity index (χ4n) is 4.59. The van der Waals surface area contributed by atoms with Gasteiger partial charge in [0, 0.05) is 36.2 Å². The van der Waals surface area contributed by atoms with Gasteiger partial charge < -0.3 is 14.6 Å². The van der Waals surface area contributed by atoms with Crippen molar-refractivity contribution >= 4 is 24.0 Å². The number of hydrogen-bond donors (Lipinski definition) is 1. The highest BCUT2D eigenvalue weighted by molar-refractivity contribution is 5.98. The highest BCUT2D eigenvalue weighted by atomic mass is 35.5. The van der Waals surface area contributed by atoms with Crippen LogP contribution in [-0.2, 0) is 17.6 Å². The Balaban J connectivity index is 0.00000205. The Kier molecular flexibility index (Phi) is 5.33. The Morgan fingerprint density at radius 1 is 1.21 bits per heavy atom. The van der Waals surface area contributed by atoms with Crippen LogP contribution in [0, 0.1) is 5.92 Å². The van der Waals surface area contributed by atoms with Gasteiger partial charge in [0.05, 0.1) is 19.1 Å². The van der Waals surface area contributed by atoms with Gasteiger partial charge in [0.2, 0.25) is 5.91 Å². The number of carbonyl (C=O) groups is 1. The SMILES string of the molecule is COc1cccc(C2CN(C(=O)C3CCc4[nH]cnc4C3)c3ccccc32)c1.Cl. The summed E-state index contributed by atoms with van der Waals surface area (Å²) >= 11 is 0. The third-order valence-corrected chi connectivity index (χ3v) is 6.07. The number of aromatic amines is 1. The molecular weight excluding hydrogens is 386 g/mol. The van der Waals surface area contributed by atoms with Crippen LogP contribution in [0.5, 0.6) is 5.75 Å². The molecule has 0 fully saturated rings. The average molecular weight is 410 g/mol. The fraction of sp³-hybridized carbons (Fsp3) is 0.304. The first-order valence-corrected chi connectivity index (χ1v) is 9.80. The van der Waals surface area contributed by atoms with E-state index in [4.69, 9.17) is 4.74 Å². The first-order chi connectivity index (χ1) is 13.7. The van der Waals surface area contributed by atoms with E-state index in [1.807, 2.05) is 23.1 Å². The first kappa shape index (κ1) is 19.5. The Labute approximate surface area is 176 Å². The molecule has 1 aliphatic carbocycles. The van der Waals surface area contributed by atoms with E-state index in [0.29, 0.717) is 6.54 Å². The highest BCUT2D eigenvalue weighted by Crippen LogP contribution is 2.42. The van der Waals surface area contributed by atoms with Gasteiger partial charge in [-0.15, -0.1) is 12.4 Å². The van der Waals surface area contributed by atoms with Crippen LogP contribution in [0.2, 0.25) is 0 Å². The zero-order valence-electron chi connectivity index (χ0n) is 16.3. The number of methoxy groups -OCH3 is 1. The number of nitrogens with zero attached hydrogens (tertiary/aromatic N) is 2. The van der Waals surface area contributed by atoms with Gasteiger partial charge in [-0.2, -0.15) is 0 Å². The number of imidazole rings is 1. The third kappa shape index (κ3) is 3.40. The molecule has 29 heavy (non-hydrogen) atoms. The molecule has 6 heteroatoms. The van der Waals surface area contributed by atoms with Crippen molar-refractivity contribution in [2.45, 2.75) is 25.2 Å². The van der Waals surface area contributed by atoms with Crippen molar-refractivity contribution in [2.75, 3.05) is 18.6 Å². The van der Waals surface area contributed by atoms with Gasteiger partial charge in [-0.25, -0.2) is 4.98 Å². The summed E-state index contributed by atoms with van der Waals surface area (Å²) in [5, 5.41) is 0. The fourth-order valence-corrected chi connectivity index (χ4v) is 4.59. The van der Waals surface area contributed by atoms with Crippen LogP contribution in [0.1, 0.15) is 34.9 Å². The van der Waals surface area contributed by atoms with Crippen LogP contribution < -0.4 is 9.64 Å². The molecule has 2 unspecified atom stereocenters. The lowest BCUT2D eigenvalue weighted by atomic mass is 9.88. The van der Waals surface area contributed by atoms with E-state index in [-0.39, 0.29) is 30.2 Å². The van der Waals surface area contributed by atoms with E-state index in [1.54, 1.807) is 13.4 Å². The number of aryl methyl sites for hydroxylation is 1. The predicted octanol–water partition coefficient (Wildman–Crippen LogP) is 4.12. The minimum atomic E-state index is -0.00656. The molecule has 0 saturated heterocycles. The molecule has 0 saturated carbocycles. The van der Waals surface area contributed by atoms with Crippen molar-refractivity contribution in [3.8, 4) is 5.75 Å². The normalized spacial score (nSPS) is 19.8. The van der Waals surface area contributed by atoms with Crippen molar-refractivity contribution in [3.63, 3.8) is 0 Å². The molecule has 3 aromatic rings. The summed E-state index contributed by atoms with van der Waals surface area (Å²) in [7, 11) is 1.68. The van der Waals surface area contributed by atoms with Crippen molar-refractivity contribution < 1.29 is 9.53 Å². The summed E-state index contributed by atoms with van der Waals surface area (Å²) < 4.78 is 5.41. The number of fused-ring (bicyclic) bond motifs is 2. The molecule has 1 amide bonds. The largest absolute Gasteiger partial charge is 0.497 e. The smallest absolute Gasteiger partial charge is 0.230 e. The van der Waals surface area contributed by atoms with E-state index >= 15 is 0 Å². The molecule has 2 atom stereocenters. The minimum absolute atomic E-state index is 0. The number of aromatic nitrogens is 2. The zero-order chi connectivity index (χ0) is 19.1. The summed E-state index contributed by atoms with van der Waals surface area (Å²) in [6.07, 6.45) is 4.22. The molecule has 0 spiro atoms. The minimum Gasteiger partial charge on any atom is -0.497 e. The number of halogens is 1. The standard InChI is InChI=1S/C23H23N3O2.ClH/c1-28-17-6-4-5-15(11-17)19-13-26(22-8-3-2-7-18(19)22)23(27)16-9-10-20-21(12-16)25-14-24-20;/h2-8,11,14,16,19H,9-10,12-13H2,1H3,(H,24,25);1H. The molecule has 5 rings (SSSR count). The highest BCUT2D eigenvalue weighted by Gasteiger charge is 2.37. The van der Waals surface area contributed by atoms with Gasteiger partial charge in [-0.3, -0.25) is 4.79 Å². The van der Waals surface area contributed by atoms with Gasteiger partial charge in [-0.05, 0) is 42.2 Å². The van der Waals surface area contributed by atoms with E-state index in [1.165, 1.54) is 16.8 Å². The molecule has 150 valence electrons. The van der Waals surface area contributed by atoms with E-state index in [2.05, 4.69) is 40.3 Å². The molecule has 2 heterocycles. The maximum absolute atomic E-state index is 13.5. The predicted molar refractivity (Wildman–Crippen MR) is 115 cm³/mol. The first-order valence-electron chi connectivity index (χ1n) is 9.80. The lowest BCUT2D eigenvalue weighted by Gasteiger charge is -2.26. The Bertz CT molecular complexity index is 1030. The molecule has 1 aromatic heterocycles. The van der Waals surface area contributed by atoms with Crippen LogP contribution in [0.15, 0.2) is 54.9 Å². The van der Waals surface area contributed by atoms with Crippen LogP contribution >= 0.6 is 12.4 Å². The number of hydrogen-bond acceptors (Lipinski definition) is 3. The Morgan fingerprint density at radius 2 is 2.07 bits per heavy atom. The average Bonchev–Trinajstić information content (AvgIpc) is 3.37. The van der Waals surface area contributed by atoms with Crippen molar-refractivity contribution in [3.05, 3.63) is 77.4 Å². The van der Waals surface area contributed by atoms with Crippen LogP contribution in [0.4, 0.5) is 5.69 Å². The number of benzene rings is 2. The monoisotopic (exact) mass is 409 g/mol. The summed E-state index contributed by atoms with van der Waals surface area (Å²) in [4.78, 5) is 23.0. The van der Waals surface area contributed by atoms with Gasteiger partial charge >= 0.3 is 0 Å². The number of ether oxygens (including phenoxy) is 1. The maximum Gasteiger partial charge on any atom is 0.230 e. The molecule has 5 nitrogen and oxygen atoms in total. The molecule has 2 aromatic carbocycles. The summed E-state index contributed by atoms with van der Waals surface area (Å²) in [6.45, 7) is 0.676. The Morgan fingerprint density at radius 3 is 2.93 bits per heavy atom. The number of para-hydroxylation sites is 1. The lowest BCUT2D eigenvalue weighted by Crippen LogP contribution is -2.38. The number of amides is 1. The third-order valence-electron chi connectivity index (χ3n) is 6.07. The van der Waals surface area contributed by atoms with Gasteiger partial charge in [0.25, 0.3) is 0 Å². The number of nitrogens with one attached hydrogen (secondary N) is 1. The van der Waals surface area contributed by atoms with E-state index in [0.717, 1.165) is 36.4 Å². The second-order valence-corrected chi connectivity index (χ2v) is 7.60. The second kappa shape index (κ2) is 7.91. The molecule has 0 radical (unpaired) electrons. The van der Waals surface area contributed by atoms with Crippen molar-refractivity contribution in [1.82, 2.24) is 9.97 Å². The molecule has 0 bridgehead atoms. The molecule has 1 N–H and O–H groups in total. The van der Waals surface area contributed by atoms with Gasteiger partial charge in [0.1, 0.15) is 5.75 Å².